The predicted octanol–water partition coefficient (Wildman–Crippen LogP) is 3.20. The molecule has 9 heteroatoms. The van der Waals surface area contributed by atoms with E-state index < -0.39 is 11.9 Å². The van der Waals surface area contributed by atoms with E-state index in [0.29, 0.717) is 0 Å². The van der Waals surface area contributed by atoms with Crippen LogP contribution < -0.4 is 10.2 Å². The molecule has 0 spiro atoms. The second-order valence-corrected chi connectivity index (χ2v) is 6.90. The number of hydrogen-bond acceptors (Lipinski definition) is 7. The van der Waals surface area contributed by atoms with E-state index in [1.165, 1.54) is 25.5 Å². The van der Waals surface area contributed by atoms with E-state index in [1.54, 1.807) is 6.07 Å². The van der Waals surface area contributed by atoms with Gasteiger partial charge < -0.3 is 9.64 Å². The monoisotopic (exact) mass is 412 g/mol. The lowest BCUT2D eigenvalue weighted by atomic mass is 10.2. The Morgan fingerprint density at radius 1 is 1.21 bits per heavy atom. The van der Waals surface area contributed by atoms with Gasteiger partial charge in [0.15, 0.2) is 5.17 Å². The summed E-state index contributed by atoms with van der Waals surface area (Å²) in [7, 11) is 3.08. The average molecular weight is 412 g/mol. The number of benzene rings is 2. The Hall–Kier alpha value is -3.46. The van der Waals surface area contributed by atoms with Gasteiger partial charge in [-0.05, 0) is 47.7 Å². The molecular formula is C20H17FN4O3S. The number of ether oxygens (including phenoxy) is 1. The van der Waals surface area contributed by atoms with Crippen LogP contribution in [0.15, 0.2) is 69.7 Å². The number of methoxy groups -OCH3 is 1. The molecule has 148 valence electrons. The second-order valence-electron chi connectivity index (χ2n) is 5.87. The Balaban J connectivity index is 1.65. The van der Waals surface area contributed by atoms with Crippen LogP contribution in [0.4, 0.5) is 15.8 Å². The number of amides is 1. The minimum absolute atomic E-state index is 0.190. The third-order valence-corrected chi connectivity index (χ3v) is 4.83. The predicted molar refractivity (Wildman–Crippen MR) is 112 cm³/mol. The molecule has 1 aliphatic heterocycles. The van der Waals surface area contributed by atoms with Gasteiger partial charge in [-0.3, -0.25) is 10.1 Å². The number of thioether (sulfide) groups is 1. The number of nitrogens with zero attached hydrogens (tertiary/aromatic N) is 3. The van der Waals surface area contributed by atoms with Gasteiger partial charge in [-0.1, -0.05) is 18.2 Å². The van der Waals surface area contributed by atoms with Crippen LogP contribution in [0.2, 0.25) is 0 Å². The molecule has 1 aliphatic rings. The van der Waals surface area contributed by atoms with Crippen LogP contribution in [-0.4, -0.2) is 37.4 Å². The fraction of sp³-hybridized carbons (Fsp3) is 0.100. The van der Waals surface area contributed by atoms with Gasteiger partial charge in [0.2, 0.25) is 0 Å². The SMILES string of the molecule is COC(=O)/C=C1/S/C(=N\N=Cc2ccc(N(C)c3cccc(F)c3)cc2)NC1=O. The van der Waals surface area contributed by atoms with Gasteiger partial charge >= 0.3 is 5.97 Å². The molecule has 0 bridgehead atoms. The molecule has 7 nitrogen and oxygen atoms in total. The molecule has 0 aromatic heterocycles. The minimum Gasteiger partial charge on any atom is -0.466 e. The first-order chi connectivity index (χ1) is 14.0. The van der Waals surface area contributed by atoms with E-state index >= 15 is 0 Å². The van der Waals surface area contributed by atoms with Crippen molar-refractivity contribution in [3.63, 3.8) is 0 Å². The molecule has 1 amide bonds. The average Bonchev–Trinajstić information content (AvgIpc) is 3.07. The van der Waals surface area contributed by atoms with Gasteiger partial charge in [0, 0.05) is 24.5 Å². The Bertz CT molecular complexity index is 1020. The van der Waals surface area contributed by atoms with Crippen molar-refractivity contribution in [2.75, 3.05) is 19.1 Å². The minimum atomic E-state index is -0.615. The van der Waals surface area contributed by atoms with Gasteiger partial charge in [0.25, 0.3) is 5.91 Å². The summed E-state index contributed by atoms with van der Waals surface area (Å²) in [4.78, 5) is 25.0. The van der Waals surface area contributed by atoms with Crippen LogP contribution in [0.5, 0.6) is 0 Å². The number of nitrogens with one attached hydrogen (secondary N) is 1. The van der Waals surface area contributed by atoms with Crippen molar-refractivity contribution in [2.45, 2.75) is 0 Å². The van der Waals surface area contributed by atoms with E-state index in [4.69, 9.17) is 0 Å². The standard InChI is InChI=1S/C20H17FN4O3S/c1-25(16-5-3-4-14(21)10-16)15-8-6-13(7-9-15)12-22-24-20-23-19(27)17(29-20)11-18(26)28-2/h3-12H,1-2H3,(H,23,24,27)/b17-11+,22-12?. The normalized spacial score (nSPS) is 16.4. The molecule has 3 rings (SSSR count). The highest BCUT2D eigenvalue weighted by Crippen LogP contribution is 2.25. The number of halogens is 1. The van der Waals surface area contributed by atoms with Crippen LogP contribution in [0.3, 0.4) is 0 Å². The van der Waals surface area contributed by atoms with Crippen LogP contribution >= 0.6 is 11.8 Å². The summed E-state index contributed by atoms with van der Waals surface area (Å²) in [6, 6.07) is 13.8. The zero-order valence-corrected chi connectivity index (χ0v) is 16.4. The first-order valence-electron chi connectivity index (χ1n) is 8.45. The molecule has 1 saturated heterocycles. The number of hydrogen-bond donors (Lipinski definition) is 1. The summed E-state index contributed by atoms with van der Waals surface area (Å²) in [5, 5.41) is 10.7. The highest BCUT2D eigenvalue weighted by atomic mass is 32.2. The van der Waals surface area contributed by atoms with E-state index in [1.807, 2.05) is 42.3 Å². The van der Waals surface area contributed by atoms with E-state index in [2.05, 4.69) is 20.3 Å². The molecule has 1 heterocycles. The molecule has 2 aromatic carbocycles. The van der Waals surface area contributed by atoms with Gasteiger partial charge in [0.05, 0.1) is 18.2 Å². The lowest BCUT2D eigenvalue weighted by molar-refractivity contribution is -0.135. The molecular weight excluding hydrogens is 395 g/mol. The number of carbonyl (C=O) groups excluding carboxylic acids is 2. The van der Waals surface area contributed by atoms with Crippen LogP contribution in [0.1, 0.15) is 5.56 Å². The van der Waals surface area contributed by atoms with Crippen molar-refractivity contribution >= 4 is 46.4 Å². The molecule has 0 aliphatic carbocycles. The summed E-state index contributed by atoms with van der Waals surface area (Å²) in [6.45, 7) is 0. The zero-order chi connectivity index (χ0) is 20.8. The Labute approximate surface area is 171 Å². The van der Waals surface area contributed by atoms with Crippen molar-refractivity contribution in [1.29, 1.82) is 0 Å². The number of amidine groups is 1. The fourth-order valence-corrected chi connectivity index (χ4v) is 3.15. The number of anilines is 2. The second kappa shape index (κ2) is 9.16. The van der Waals surface area contributed by atoms with Crippen molar-refractivity contribution in [3.05, 3.63) is 70.9 Å². The highest BCUT2D eigenvalue weighted by molar-refractivity contribution is 8.18. The summed E-state index contributed by atoms with van der Waals surface area (Å²) in [5.74, 6) is -1.34. The fourth-order valence-electron chi connectivity index (χ4n) is 2.41. The van der Waals surface area contributed by atoms with Gasteiger partial charge in [0.1, 0.15) is 5.82 Å². The first kappa shape index (κ1) is 20.3. The molecule has 0 unspecified atom stereocenters. The smallest absolute Gasteiger partial charge is 0.331 e. The molecule has 1 N–H and O–H groups in total. The third-order valence-electron chi connectivity index (χ3n) is 3.93. The summed E-state index contributed by atoms with van der Waals surface area (Å²) >= 11 is 1.00. The zero-order valence-electron chi connectivity index (χ0n) is 15.6. The van der Waals surface area contributed by atoms with E-state index in [0.717, 1.165) is 34.8 Å². The molecule has 2 aromatic rings. The van der Waals surface area contributed by atoms with Gasteiger partial charge in [-0.15, -0.1) is 5.10 Å². The van der Waals surface area contributed by atoms with Crippen LogP contribution in [-0.2, 0) is 14.3 Å². The maximum Gasteiger partial charge on any atom is 0.331 e. The lowest BCUT2D eigenvalue weighted by Gasteiger charge is -2.19. The van der Waals surface area contributed by atoms with Crippen LogP contribution in [0, 0.1) is 5.82 Å². The molecule has 0 saturated carbocycles. The van der Waals surface area contributed by atoms with Crippen molar-refractivity contribution < 1.29 is 18.7 Å². The quantitative estimate of drug-likeness (QED) is 0.353. The van der Waals surface area contributed by atoms with E-state index in [-0.39, 0.29) is 15.9 Å². The number of rotatable bonds is 5. The topological polar surface area (TPSA) is 83.4 Å². The van der Waals surface area contributed by atoms with Gasteiger partial charge in [-0.2, -0.15) is 5.10 Å². The summed E-state index contributed by atoms with van der Waals surface area (Å²) in [5.41, 5.74) is 2.42. The molecule has 0 atom stereocenters. The molecule has 0 radical (unpaired) electrons. The first-order valence-corrected chi connectivity index (χ1v) is 9.27. The lowest BCUT2D eigenvalue weighted by Crippen LogP contribution is -2.19. The highest BCUT2D eigenvalue weighted by Gasteiger charge is 2.24. The largest absolute Gasteiger partial charge is 0.466 e. The maximum atomic E-state index is 13.4. The third kappa shape index (κ3) is 5.29. The summed E-state index contributed by atoms with van der Waals surface area (Å²) in [6.07, 6.45) is 2.63. The van der Waals surface area contributed by atoms with Crippen molar-refractivity contribution in [1.82, 2.24) is 5.32 Å². The Kier molecular flexibility index (Phi) is 6.40. The van der Waals surface area contributed by atoms with Crippen LogP contribution in [0.25, 0.3) is 0 Å². The number of carbonyl (C=O) groups is 2. The van der Waals surface area contributed by atoms with Crippen molar-refractivity contribution in [2.24, 2.45) is 10.2 Å². The van der Waals surface area contributed by atoms with Crippen molar-refractivity contribution in [3.8, 4) is 0 Å². The number of esters is 1. The maximum absolute atomic E-state index is 13.4. The van der Waals surface area contributed by atoms with Gasteiger partial charge in [-0.25, -0.2) is 9.18 Å². The summed E-state index contributed by atoms with van der Waals surface area (Å²) < 4.78 is 17.9. The molecule has 29 heavy (non-hydrogen) atoms. The molecule has 1 fully saturated rings. The van der Waals surface area contributed by atoms with E-state index in [9.17, 15) is 14.0 Å². The Morgan fingerprint density at radius 2 is 1.97 bits per heavy atom. The Morgan fingerprint density at radius 3 is 2.66 bits per heavy atom.